The number of hydrogen-bond donors (Lipinski definition) is 0. The predicted molar refractivity (Wildman–Crippen MR) is 122 cm³/mol. The van der Waals surface area contributed by atoms with E-state index in [9.17, 15) is 9.18 Å². The third-order valence-electron chi connectivity index (χ3n) is 6.04. The summed E-state index contributed by atoms with van der Waals surface area (Å²) >= 11 is 0. The van der Waals surface area contributed by atoms with Crippen LogP contribution < -0.4 is 0 Å². The first-order chi connectivity index (χ1) is 16.1. The van der Waals surface area contributed by atoms with Gasteiger partial charge in [0, 0.05) is 23.7 Å². The molecule has 0 bridgehead atoms. The Morgan fingerprint density at radius 2 is 1.88 bits per heavy atom. The van der Waals surface area contributed by atoms with E-state index in [0.29, 0.717) is 39.9 Å². The number of fused-ring (bicyclic) bond motifs is 1. The summed E-state index contributed by atoms with van der Waals surface area (Å²) in [6, 6.07) is 16.2. The zero-order valence-corrected chi connectivity index (χ0v) is 17.8. The summed E-state index contributed by atoms with van der Waals surface area (Å²) in [5.41, 5.74) is 6.30. The van der Waals surface area contributed by atoms with E-state index in [-0.39, 0.29) is 5.82 Å². The summed E-state index contributed by atoms with van der Waals surface area (Å²) in [6.07, 6.45) is 4.67. The Hall–Kier alpha value is -4.13. The number of hydrogen-bond acceptors (Lipinski definition) is 5. The molecule has 6 nitrogen and oxygen atoms in total. The number of aromatic nitrogens is 4. The minimum atomic E-state index is -0.333. The number of halogens is 1. The van der Waals surface area contributed by atoms with Gasteiger partial charge in [-0.3, -0.25) is 4.79 Å². The fourth-order valence-corrected chi connectivity index (χ4v) is 4.20. The Bertz CT molecular complexity index is 1530. The lowest BCUT2D eigenvalue weighted by molar-refractivity contribution is 0.112. The van der Waals surface area contributed by atoms with Gasteiger partial charge in [0.1, 0.15) is 23.9 Å². The van der Waals surface area contributed by atoms with Crippen LogP contribution in [0.3, 0.4) is 0 Å². The molecule has 0 radical (unpaired) electrons. The molecule has 0 N–H and O–H groups in total. The molecule has 0 atom stereocenters. The van der Waals surface area contributed by atoms with E-state index >= 15 is 0 Å². The van der Waals surface area contributed by atoms with E-state index in [4.69, 9.17) is 4.42 Å². The Balaban J connectivity index is 1.54. The second-order valence-corrected chi connectivity index (χ2v) is 8.44. The van der Waals surface area contributed by atoms with Crippen LogP contribution in [0.1, 0.15) is 34.7 Å². The van der Waals surface area contributed by atoms with Gasteiger partial charge in [-0.1, -0.05) is 12.1 Å². The second kappa shape index (κ2) is 7.48. The molecule has 0 saturated heterocycles. The molecule has 1 aliphatic carbocycles. The molecular weight excluding hydrogens is 419 g/mol. The van der Waals surface area contributed by atoms with Crippen molar-refractivity contribution in [1.82, 2.24) is 19.7 Å². The molecule has 3 aromatic carbocycles. The fourth-order valence-electron chi connectivity index (χ4n) is 4.20. The van der Waals surface area contributed by atoms with Crippen molar-refractivity contribution in [1.29, 1.82) is 0 Å². The van der Waals surface area contributed by atoms with Gasteiger partial charge in [-0.2, -0.15) is 0 Å². The van der Waals surface area contributed by atoms with Crippen molar-refractivity contribution >= 4 is 17.4 Å². The summed E-state index contributed by atoms with van der Waals surface area (Å²) < 4.78 is 22.0. The van der Waals surface area contributed by atoms with Crippen LogP contribution in [0.4, 0.5) is 4.39 Å². The molecule has 1 fully saturated rings. The van der Waals surface area contributed by atoms with Crippen molar-refractivity contribution in [2.24, 2.45) is 7.05 Å². The van der Waals surface area contributed by atoms with E-state index in [2.05, 4.69) is 27.3 Å². The third-order valence-corrected chi connectivity index (χ3v) is 6.04. The Kier molecular flexibility index (Phi) is 4.43. The summed E-state index contributed by atoms with van der Waals surface area (Å²) in [5.74, 6) is 1.24. The number of rotatable bonds is 5. The van der Waals surface area contributed by atoms with Crippen LogP contribution in [0, 0.1) is 5.82 Å². The summed E-state index contributed by atoms with van der Waals surface area (Å²) in [4.78, 5) is 15.8. The zero-order valence-electron chi connectivity index (χ0n) is 17.8. The van der Waals surface area contributed by atoms with Gasteiger partial charge in [0.25, 0.3) is 0 Å². The van der Waals surface area contributed by atoms with Gasteiger partial charge in [0.05, 0.1) is 0 Å². The first-order valence-electron chi connectivity index (χ1n) is 10.7. The minimum Gasteiger partial charge on any atom is -0.436 e. The molecule has 6 rings (SSSR count). The average molecular weight is 438 g/mol. The highest BCUT2D eigenvalue weighted by Gasteiger charge is 2.26. The molecule has 2 aromatic heterocycles. The molecule has 162 valence electrons. The van der Waals surface area contributed by atoms with Crippen LogP contribution in [0.15, 0.2) is 65.3 Å². The van der Waals surface area contributed by atoms with Gasteiger partial charge in [0.15, 0.2) is 11.4 Å². The molecule has 0 spiro atoms. The Morgan fingerprint density at radius 3 is 2.64 bits per heavy atom. The van der Waals surface area contributed by atoms with E-state index in [0.717, 1.165) is 35.8 Å². The second-order valence-electron chi connectivity index (χ2n) is 8.44. The van der Waals surface area contributed by atoms with Gasteiger partial charge >= 0.3 is 0 Å². The van der Waals surface area contributed by atoms with Crippen molar-refractivity contribution < 1.29 is 13.6 Å². The van der Waals surface area contributed by atoms with E-state index in [1.165, 1.54) is 17.7 Å². The summed E-state index contributed by atoms with van der Waals surface area (Å²) in [7, 11) is 1.84. The number of benzene rings is 3. The van der Waals surface area contributed by atoms with E-state index < -0.39 is 0 Å². The van der Waals surface area contributed by atoms with Crippen molar-refractivity contribution in [2.75, 3.05) is 0 Å². The SMILES string of the molecule is Cn1cnnc1-c1cc(F)ccc1-c1cc(-c2nc3cc(C=O)ccc3o2)cc(C2CC2)c1. The zero-order chi connectivity index (χ0) is 22.5. The standard InChI is InChI=1S/C26H19FN4O2/c1-31-14-28-30-25(31)22-12-20(27)5-6-21(22)18-9-17(16-3-4-16)10-19(11-18)26-29-23-8-15(13-32)2-7-24(23)33-26/h2,5-14,16H,3-4H2,1H3. The maximum Gasteiger partial charge on any atom is 0.227 e. The van der Waals surface area contributed by atoms with Crippen LogP contribution in [0.2, 0.25) is 0 Å². The minimum absolute atomic E-state index is 0.333. The Labute approximate surface area is 188 Å². The molecule has 0 unspecified atom stereocenters. The highest BCUT2D eigenvalue weighted by atomic mass is 19.1. The van der Waals surface area contributed by atoms with E-state index in [1.807, 2.05) is 13.1 Å². The smallest absolute Gasteiger partial charge is 0.227 e. The van der Waals surface area contributed by atoms with Crippen molar-refractivity contribution in [3.05, 3.63) is 77.9 Å². The molecule has 0 amide bonds. The number of aldehydes is 1. The molecule has 0 aliphatic heterocycles. The van der Waals surface area contributed by atoms with Crippen molar-refractivity contribution in [3.63, 3.8) is 0 Å². The number of oxazole rings is 1. The third kappa shape index (κ3) is 3.51. The molecule has 1 saturated carbocycles. The first-order valence-corrected chi connectivity index (χ1v) is 10.7. The molecule has 7 heteroatoms. The van der Waals surface area contributed by atoms with Crippen LogP contribution in [0.25, 0.3) is 45.1 Å². The van der Waals surface area contributed by atoms with Gasteiger partial charge in [-0.15, -0.1) is 10.2 Å². The normalized spacial score (nSPS) is 13.5. The molecule has 5 aromatic rings. The molecule has 33 heavy (non-hydrogen) atoms. The quantitative estimate of drug-likeness (QED) is 0.325. The van der Waals surface area contributed by atoms with Crippen LogP contribution in [-0.4, -0.2) is 26.0 Å². The summed E-state index contributed by atoms with van der Waals surface area (Å²) in [6.45, 7) is 0. The van der Waals surface area contributed by atoms with E-state index in [1.54, 1.807) is 35.2 Å². The number of nitrogens with zero attached hydrogens (tertiary/aromatic N) is 4. The molecule has 2 heterocycles. The number of carbonyl (C=O) groups is 1. The van der Waals surface area contributed by atoms with Gasteiger partial charge in [-0.05, 0) is 77.9 Å². The highest BCUT2D eigenvalue weighted by Crippen LogP contribution is 2.44. The first kappa shape index (κ1) is 19.5. The van der Waals surface area contributed by atoms with Crippen molar-refractivity contribution in [2.45, 2.75) is 18.8 Å². The van der Waals surface area contributed by atoms with Gasteiger partial charge < -0.3 is 8.98 Å². The highest BCUT2D eigenvalue weighted by molar-refractivity contribution is 5.86. The van der Waals surface area contributed by atoms with Crippen LogP contribution in [-0.2, 0) is 7.05 Å². The lowest BCUT2D eigenvalue weighted by Gasteiger charge is -2.12. The summed E-state index contributed by atoms with van der Waals surface area (Å²) in [5, 5.41) is 8.16. The average Bonchev–Trinajstić information content (AvgIpc) is 3.46. The van der Waals surface area contributed by atoms with Gasteiger partial charge in [0.2, 0.25) is 5.89 Å². The Morgan fingerprint density at radius 1 is 1.03 bits per heavy atom. The predicted octanol–water partition coefficient (Wildman–Crippen LogP) is 5.79. The maximum absolute atomic E-state index is 14.2. The van der Waals surface area contributed by atoms with Crippen LogP contribution >= 0.6 is 0 Å². The number of aryl methyl sites for hydroxylation is 1. The van der Waals surface area contributed by atoms with Crippen LogP contribution in [0.5, 0.6) is 0 Å². The van der Waals surface area contributed by atoms with Crippen molar-refractivity contribution in [3.8, 4) is 34.0 Å². The monoisotopic (exact) mass is 438 g/mol. The molecule has 1 aliphatic rings. The lowest BCUT2D eigenvalue weighted by Crippen LogP contribution is -1.96. The van der Waals surface area contributed by atoms with Gasteiger partial charge in [-0.25, -0.2) is 9.37 Å². The lowest BCUT2D eigenvalue weighted by atomic mass is 9.94. The fraction of sp³-hybridized carbons (Fsp3) is 0.154. The molecular formula is C26H19FN4O2. The number of carbonyl (C=O) groups excluding carboxylic acids is 1. The largest absolute Gasteiger partial charge is 0.436 e. The topological polar surface area (TPSA) is 73.8 Å². The maximum atomic E-state index is 14.2.